The second kappa shape index (κ2) is 3.01. The van der Waals surface area contributed by atoms with Crippen molar-refractivity contribution >= 4 is 0 Å². The SMILES string of the molecule is [O-][n+]1ccccc1OCC1CC1. The molecule has 1 aromatic heterocycles. The molecule has 2 rings (SSSR count). The van der Waals surface area contributed by atoms with Crippen LogP contribution in [-0.2, 0) is 0 Å². The summed E-state index contributed by atoms with van der Waals surface area (Å²) in [5.41, 5.74) is 0. The van der Waals surface area contributed by atoms with Crippen molar-refractivity contribution in [3.63, 3.8) is 0 Å². The van der Waals surface area contributed by atoms with E-state index in [2.05, 4.69) is 0 Å². The van der Waals surface area contributed by atoms with E-state index >= 15 is 0 Å². The maximum atomic E-state index is 11.0. The van der Waals surface area contributed by atoms with Crippen LogP contribution in [0.25, 0.3) is 0 Å². The molecule has 0 atom stereocenters. The number of hydrogen-bond donors (Lipinski definition) is 0. The van der Waals surface area contributed by atoms with Crippen LogP contribution in [0.5, 0.6) is 5.88 Å². The van der Waals surface area contributed by atoms with Crippen molar-refractivity contribution in [3.8, 4) is 5.88 Å². The van der Waals surface area contributed by atoms with E-state index in [9.17, 15) is 5.21 Å². The average Bonchev–Trinajstić information content (AvgIpc) is 2.86. The van der Waals surface area contributed by atoms with Gasteiger partial charge in [0.1, 0.15) is 0 Å². The van der Waals surface area contributed by atoms with Crippen LogP contribution in [0.3, 0.4) is 0 Å². The van der Waals surface area contributed by atoms with Gasteiger partial charge in [0.05, 0.1) is 12.7 Å². The molecule has 12 heavy (non-hydrogen) atoms. The summed E-state index contributed by atoms with van der Waals surface area (Å²) < 4.78 is 6.06. The van der Waals surface area contributed by atoms with E-state index in [-0.39, 0.29) is 0 Å². The van der Waals surface area contributed by atoms with E-state index in [0.717, 1.165) is 4.73 Å². The van der Waals surface area contributed by atoms with Crippen molar-refractivity contribution in [2.45, 2.75) is 12.8 Å². The lowest BCUT2D eigenvalue weighted by Gasteiger charge is -2.04. The minimum absolute atomic E-state index is 0.407. The zero-order valence-corrected chi connectivity index (χ0v) is 6.77. The lowest BCUT2D eigenvalue weighted by Crippen LogP contribution is -2.28. The molecule has 1 saturated carbocycles. The van der Waals surface area contributed by atoms with Crippen LogP contribution in [0.2, 0.25) is 0 Å². The zero-order valence-electron chi connectivity index (χ0n) is 6.77. The van der Waals surface area contributed by atoms with Gasteiger partial charge in [-0.1, -0.05) is 0 Å². The largest absolute Gasteiger partial charge is 0.616 e. The molecular formula is C9H11NO2. The van der Waals surface area contributed by atoms with E-state index in [1.807, 2.05) is 0 Å². The van der Waals surface area contributed by atoms with Crippen molar-refractivity contribution < 1.29 is 9.47 Å². The van der Waals surface area contributed by atoms with Crippen molar-refractivity contribution in [3.05, 3.63) is 29.6 Å². The fourth-order valence-electron chi connectivity index (χ4n) is 1.01. The summed E-state index contributed by atoms with van der Waals surface area (Å²) >= 11 is 0. The van der Waals surface area contributed by atoms with Crippen LogP contribution in [0.1, 0.15) is 12.8 Å². The Labute approximate surface area is 71.2 Å². The first-order valence-corrected chi connectivity index (χ1v) is 4.17. The molecule has 1 aliphatic rings. The molecule has 1 heterocycles. The highest BCUT2D eigenvalue weighted by Crippen LogP contribution is 2.28. The molecule has 1 aromatic rings. The van der Waals surface area contributed by atoms with Gasteiger partial charge in [0.2, 0.25) is 0 Å². The van der Waals surface area contributed by atoms with Gasteiger partial charge in [-0.3, -0.25) is 0 Å². The average molecular weight is 165 g/mol. The molecule has 0 saturated heterocycles. The van der Waals surface area contributed by atoms with Crippen molar-refractivity contribution in [1.29, 1.82) is 0 Å². The topological polar surface area (TPSA) is 36.2 Å². The monoisotopic (exact) mass is 165 g/mol. The van der Waals surface area contributed by atoms with Crippen LogP contribution in [0, 0.1) is 11.1 Å². The molecule has 1 fully saturated rings. The molecule has 0 aliphatic heterocycles. The number of aromatic nitrogens is 1. The first-order valence-electron chi connectivity index (χ1n) is 4.17. The van der Waals surface area contributed by atoms with Gasteiger partial charge in [0, 0.05) is 6.07 Å². The van der Waals surface area contributed by atoms with Crippen molar-refractivity contribution in [1.82, 2.24) is 0 Å². The van der Waals surface area contributed by atoms with E-state index in [1.165, 1.54) is 19.0 Å². The predicted octanol–water partition coefficient (Wildman–Crippen LogP) is 1.11. The maximum Gasteiger partial charge on any atom is 0.379 e. The zero-order chi connectivity index (χ0) is 8.39. The molecule has 3 nitrogen and oxygen atoms in total. The number of hydrogen-bond acceptors (Lipinski definition) is 2. The summed E-state index contributed by atoms with van der Waals surface area (Å²) in [5, 5.41) is 11.0. The Balaban J connectivity index is 1.96. The van der Waals surface area contributed by atoms with E-state index < -0.39 is 0 Å². The van der Waals surface area contributed by atoms with Crippen LogP contribution in [-0.4, -0.2) is 6.61 Å². The highest BCUT2D eigenvalue weighted by molar-refractivity contribution is 5.03. The summed E-state index contributed by atoms with van der Waals surface area (Å²) in [6.45, 7) is 0.687. The number of ether oxygens (including phenoxy) is 1. The third kappa shape index (κ3) is 1.67. The number of nitrogens with zero attached hydrogens (tertiary/aromatic N) is 1. The Morgan fingerprint density at radius 3 is 3.00 bits per heavy atom. The molecule has 0 spiro atoms. The van der Waals surface area contributed by atoms with Gasteiger partial charge in [0.15, 0.2) is 6.20 Å². The lowest BCUT2D eigenvalue weighted by atomic mass is 10.4. The van der Waals surface area contributed by atoms with Gasteiger partial charge in [0.25, 0.3) is 0 Å². The normalized spacial score (nSPS) is 16.0. The molecule has 0 bridgehead atoms. The van der Waals surface area contributed by atoms with Gasteiger partial charge < -0.3 is 9.94 Å². The Hall–Kier alpha value is -1.25. The van der Waals surface area contributed by atoms with Gasteiger partial charge in [-0.25, -0.2) is 0 Å². The Bertz CT molecular complexity index is 271. The molecule has 0 radical (unpaired) electrons. The summed E-state index contributed by atoms with van der Waals surface area (Å²) in [5.74, 6) is 1.09. The second-order valence-corrected chi connectivity index (χ2v) is 3.12. The van der Waals surface area contributed by atoms with Crippen LogP contribution in [0.15, 0.2) is 24.4 Å². The Morgan fingerprint density at radius 1 is 1.50 bits per heavy atom. The summed E-state index contributed by atoms with van der Waals surface area (Å²) in [7, 11) is 0. The standard InChI is InChI=1S/C9H11NO2/c11-10-6-2-1-3-9(10)12-7-8-4-5-8/h1-3,6,8H,4-5,7H2. The van der Waals surface area contributed by atoms with Gasteiger partial charge in [-0.2, -0.15) is 0 Å². The highest BCUT2D eigenvalue weighted by atomic mass is 16.5. The summed E-state index contributed by atoms with van der Waals surface area (Å²) in [6, 6.07) is 5.18. The van der Waals surface area contributed by atoms with E-state index in [1.54, 1.807) is 18.2 Å². The Morgan fingerprint density at radius 2 is 2.33 bits per heavy atom. The fraction of sp³-hybridized carbons (Fsp3) is 0.444. The minimum atomic E-state index is 0.407. The lowest BCUT2D eigenvalue weighted by molar-refractivity contribution is -0.613. The number of pyridine rings is 1. The van der Waals surface area contributed by atoms with Crippen LogP contribution >= 0.6 is 0 Å². The quantitative estimate of drug-likeness (QED) is 0.497. The molecule has 0 amide bonds. The third-order valence-electron chi connectivity index (χ3n) is 1.95. The van der Waals surface area contributed by atoms with Gasteiger partial charge in [-0.15, -0.1) is 4.73 Å². The molecule has 0 aromatic carbocycles. The van der Waals surface area contributed by atoms with E-state index in [4.69, 9.17) is 4.74 Å². The first kappa shape index (κ1) is 7.40. The predicted molar refractivity (Wildman–Crippen MR) is 43.6 cm³/mol. The third-order valence-corrected chi connectivity index (χ3v) is 1.95. The molecule has 1 aliphatic carbocycles. The fourth-order valence-corrected chi connectivity index (χ4v) is 1.01. The summed E-state index contributed by atoms with van der Waals surface area (Å²) in [4.78, 5) is 0. The van der Waals surface area contributed by atoms with Crippen LogP contribution in [0.4, 0.5) is 0 Å². The van der Waals surface area contributed by atoms with Gasteiger partial charge in [-0.05, 0) is 24.8 Å². The molecule has 3 heteroatoms. The number of rotatable bonds is 3. The van der Waals surface area contributed by atoms with Gasteiger partial charge >= 0.3 is 5.88 Å². The second-order valence-electron chi connectivity index (χ2n) is 3.12. The molecule has 0 N–H and O–H groups in total. The smallest absolute Gasteiger partial charge is 0.379 e. The first-order chi connectivity index (χ1) is 5.86. The summed E-state index contributed by atoms with van der Waals surface area (Å²) in [6.07, 6.45) is 3.93. The molecule has 0 unspecified atom stereocenters. The highest BCUT2D eigenvalue weighted by Gasteiger charge is 2.23. The van der Waals surface area contributed by atoms with E-state index in [0.29, 0.717) is 18.4 Å². The van der Waals surface area contributed by atoms with Crippen molar-refractivity contribution in [2.24, 2.45) is 5.92 Å². The minimum Gasteiger partial charge on any atom is -0.616 e. The maximum absolute atomic E-state index is 11.0. The molecular weight excluding hydrogens is 154 g/mol. The van der Waals surface area contributed by atoms with Crippen molar-refractivity contribution in [2.75, 3.05) is 6.61 Å². The Kier molecular flexibility index (Phi) is 1.86. The molecule has 64 valence electrons. The van der Waals surface area contributed by atoms with Crippen LogP contribution < -0.4 is 9.47 Å².